The Morgan fingerprint density at radius 2 is 2.06 bits per heavy atom. The summed E-state index contributed by atoms with van der Waals surface area (Å²) < 4.78 is 15.1. The van der Waals surface area contributed by atoms with Crippen molar-refractivity contribution >= 4 is 17.6 Å². The molecule has 0 bridgehead atoms. The summed E-state index contributed by atoms with van der Waals surface area (Å²) in [5, 5.41) is 0.474. The van der Waals surface area contributed by atoms with Crippen LogP contribution in [0.25, 0.3) is 0 Å². The molecule has 1 unspecified atom stereocenters. The number of hydrogen-bond acceptors (Lipinski definition) is 4. The van der Waals surface area contributed by atoms with Gasteiger partial charge in [-0.05, 0) is 18.6 Å². The first-order valence-electron chi connectivity index (χ1n) is 4.80. The summed E-state index contributed by atoms with van der Waals surface area (Å²) >= 11 is 6.06. The molecule has 1 aromatic carbocycles. The van der Waals surface area contributed by atoms with Gasteiger partial charge in [-0.2, -0.15) is 0 Å². The van der Waals surface area contributed by atoms with E-state index in [4.69, 9.17) is 21.1 Å². The average Bonchev–Trinajstić information content (AvgIpc) is 2.72. The Labute approximate surface area is 98.1 Å². The van der Waals surface area contributed by atoms with Gasteiger partial charge in [-0.25, -0.2) is 0 Å². The van der Waals surface area contributed by atoms with Gasteiger partial charge < -0.3 is 14.2 Å². The van der Waals surface area contributed by atoms with Crippen molar-refractivity contribution < 1.29 is 19.0 Å². The van der Waals surface area contributed by atoms with E-state index in [2.05, 4.69) is 4.74 Å². The summed E-state index contributed by atoms with van der Waals surface area (Å²) in [6.07, 6.45) is 0. The van der Waals surface area contributed by atoms with Gasteiger partial charge in [0, 0.05) is 11.1 Å². The van der Waals surface area contributed by atoms with Gasteiger partial charge in [-0.1, -0.05) is 11.6 Å². The average molecular weight is 243 g/mol. The number of carbonyl (C=O) groups is 1. The fraction of sp³-hybridized carbons (Fsp3) is 0.364. The normalized spacial score (nSPS) is 14.7. The molecule has 1 aromatic rings. The maximum atomic E-state index is 11.4. The molecule has 1 atom stereocenters. The lowest BCUT2D eigenvalue weighted by atomic mass is 10.0. The highest BCUT2D eigenvalue weighted by Crippen LogP contribution is 2.39. The Morgan fingerprint density at radius 1 is 1.44 bits per heavy atom. The van der Waals surface area contributed by atoms with E-state index in [0.29, 0.717) is 22.1 Å². The van der Waals surface area contributed by atoms with Crippen LogP contribution in [0.5, 0.6) is 11.5 Å². The van der Waals surface area contributed by atoms with Crippen LogP contribution in [0.4, 0.5) is 0 Å². The van der Waals surface area contributed by atoms with Crippen LogP contribution >= 0.6 is 11.6 Å². The number of fused-ring (bicyclic) bond motifs is 1. The number of benzene rings is 1. The lowest BCUT2D eigenvalue weighted by molar-refractivity contribution is -0.141. The molecule has 0 amide bonds. The summed E-state index contributed by atoms with van der Waals surface area (Å²) in [4.78, 5) is 11.4. The largest absolute Gasteiger partial charge is 0.469 e. The molecule has 5 heteroatoms. The molecular formula is C11H11ClO4. The zero-order valence-corrected chi connectivity index (χ0v) is 9.71. The molecule has 1 heterocycles. The zero-order valence-electron chi connectivity index (χ0n) is 8.95. The van der Waals surface area contributed by atoms with Gasteiger partial charge in [0.1, 0.15) is 0 Å². The fourth-order valence-electron chi connectivity index (χ4n) is 1.57. The van der Waals surface area contributed by atoms with E-state index in [9.17, 15) is 4.79 Å². The molecule has 16 heavy (non-hydrogen) atoms. The molecule has 86 valence electrons. The summed E-state index contributed by atoms with van der Waals surface area (Å²) in [5.41, 5.74) is 0.678. The van der Waals surface area contributed by atoms with Gasteiger partial charge in [-0.15, -0.1) is 0 Å². The highest BCUT2D eigenvalue weighted by molar-refractivity contribution is 6.31. The lowest BCUT2D eigenvalue weighted by Crippen LogP contribution is -2.11. The molecule has 0 saturated carbocycles. The predicted molar refractivity (Wildman–Crippen MR) is 58.0 cm³/mol. The van der Waals surface area contributed by atoms with Crippen molar-refractivity contribution in [3.63, 3.8) is 0 Å². The molecule has 0 saturated heterocycles. The van der Waals surface area contributed by atoms with Crippen LogP contribution < -0.4 is 9.47 Å². The molecule has 2 rings (SSSR count). The summed E-state index contributed by atoms with van der Waals surface area (Å²) in [5.74, 6) is 0.453. The molecule has 1 aliphatic rings. The Morgan fingerprint density at radius 3 is 2.69 bits per heavy atom. The first kappa shape index (κ1) is 11.1. The van der Waals surface area contributed by atoms with Gasteiger partial charge in [0.25, 0.3) is 0 Å². The van der Waals surface area contributed by atoms with Crippen LogP contribution in [0, 0.1) is 0 Å². The second-order valence-corrected chi connectivity index (χ2v) is 3.88. The minimum atomic E-state index is -0.424. The maximum absolute atomic E-state index is 11.4. The number of ether oxygens (including phenoxy) is 3. The van der Waals surface area contributed by atoms with Gasteiger partial charge in [0.15, 0.2) is 11.5 Å². The SMILES string of the molecule is COC(=O)C(C)c1cc2c(cc1Cl)OCO2. The van der Waals surface area contributed by atoms with E-state index < -0.39 is 5.92 Å². The van der Waals surface area contributed by atoms with E-state index in [-0.39, 0.29) is 12.8 Å². The van der Waals surface area contributed by atoms with Gasteiger partial charge in [0.05, 0.1) is 13.0 Å². The smallest absolute Gasteiger partial charge is 0.312 e. The van der Waals surface area contributed by atoms with E-state index in [0.717, 1.165) is 0 Å². The molecule has 0 radical (unpaired) electrons. The van der Waals surface area contributed by atoms with Crippen LogP contribution in [0.15, 0.2) is 12.1 Å². The maximum Gasteiger partial charge on any atom is 0.312 e. The van der Waals surface area contributed by atoms with Gasteiger partial charge in [-0.3, -0.25) is 4.79 Å². The first-order chi connectivity index (χ1) is 7.63. The summed E-state index contributed by atoms with van der Waals surface area (Å²) in [6.45, 7) is 1.91. The number of carbonyl (C=O) groups excluding carboxylic acids is 1. The monoisotopic (exact) mass is 242 g/mol. The van der Waals surface area contributed by atoms with Crippen molar-refractivity contribution in [2.75, 3.05) is 13.9 Å². The predicted octanol–water partition coefficient (Wildman–Crippen LogP) is 2.35. The first-order valence-corrected chi connectivity index (χ1v) is 5.18. The van der Waals surface area contributed by atoms with Crippen LogP contribution in [0.2, 0.25) is 5.02 Å². The Balaban J connectivity index is 2.38. The minimum absolute atomic E-state index is 0.182. The fourth-order valence-corrected chi connectivity index (χ4v) is 1.89. The topological polar surface area (TPSA) is 44.8 Å². The number of halogens is 1. The molecular weight excluding hydrogens is 232 g/mol. The molecule has 0 N–H and O–H groups in total. The van der Waals surface area contributed by atoms with Crippen molar-refractivity contribution in [2.24, 2.45) is 0 Å². The second kappa shape index (κ2) is 4.22. The van der Waals surface area contributed by atoms with Crippen molar-refractivity contribution in [3.05, 3.63) is 22.7 Å². The lowest BCUT2D eigenvalue weighted by Gasteiger charge is -2.11. The Bertz CT molecular complexity index is 430. The third-order valence-corrected chi connectivity index (χ3v) is 2.84. The van der Waals surface area contributed by atoms with Crippen molar-refractivity contribution in [1.29, 1.82) is 0 Å². The van der Waals surface area contributed by atoms with Gasteiger partial charge >= 0.3 is 5.97 Å². The quantitative estimate of drug-likeness (QED) is 0.747. The summed E-state index contributed by atoms with van der Waals surface area (Å²) in [6, 6.07) is 3.37. The van der Waals surface area contributed by atoms with E-state index in [1.54, 1.807) is 19.1 Å². The number of hydrogen-bond donors (Lipinski definition) is 0. The Kier molecular flexibility index (Phi) is 2.92. The second-order valence-electron chi connectivity index (χ2n) is 3.47. The van der Waals surface area contributed by atoms with Crippen molar-refractivity contribution in [3.8, 4) is 11.5 Å². The molecule has 0 aromatic heterocycles. The van der Waals surface area contributed by atoms with E-state index >= 15 is 0 Å². The Hall–Kier alpha value is -1.42. The van der Waals surface area contributed by atoms with E-state index in [1.165, 1.54) is 7.11 Å². The molecule has 1 aliphatic heterocycles. The van der Waals surface area contributed by atoms with Crippen molar-refractivity contribution in [1.82, 2.24) is 0 Å². The van der Waals surface area contributed by atoms with Crippen molar-refractivity contribution in [2.45, 2.75) is 12.8 Å². The molecule has 0 spiro atoms. The highest BCUT2D eigenvalue weighted by Gasteiger charge is 2.23. The zero-order chi connectivity index (χ0) is 11.7. The van der Waals surface area contributed by atoms with Gasteiger partial charge in [0.2, 0.25) is 6.79 Å². The molecule has 4 nitrogen and oxygen atoms in total. The highest BCUT2D eigenvalue weighted by atomic mass is 35.5. The van der Waals surface area contributed by atoms with Crippen LogP contribution in [0.1, 0.15) is 18.4 Å². The summed E-state index contributed by atoms with van der Waals surface area (Å²) in [7, 11) is 1.35. The minimum Gasteiger partial charge on any atom is -0.469 e. The standard InChI is InChI=1S/C11H11ClO4/c1-6(11(13)14-2)7-3-9-10(4-8(7)12)16-5-15-9/h3-4,6H,5H2,1-2H3. The van der Waals surface area contributed by atoms with Crippen LogP contribution in [-0.4, -0.2) is 19.9 Å². The van der Waals surface area contributed by atoms with E-state index in [1.807, 2.05) is 0 Å². The van der Waals surface area contributed by atoms with Crippen LogP contribution in [-0.2, 0) is 9.53 Å². The number of esters is 1. The molecule has 0 aliphatic carbocycles. The van der Waals surface area contributed by atoms with Crippen LogP contribution in [0.3, 0.4) is 0 Å². The number of rotatable bonds is 2. The third-order valence-electron chi connectivity index (χ3n) is 2.51. The third kappa shape index (κ3) is 1.80. The number of methoxy groups -OCH3 is 1. The molecule has 0 fully saturated rings.